The van der Waals surface area contributed by atoms with Crippen molar-refractivity contribution in [2.75, 3.05) is 11.1 Å². The lowest BCUT2D eigenvalue weighted by atomic mass is 9.97. The molecule has 0 aromatic carbocycles. The quantitative estimate of drug-likeness (QED) is 0.536. The van der Waals surface area contributed by atoms with Crippen LogP contribution in [0.1, 0.15) is 32.6 Å². The number of aromatic nitrogens is 2. The molecular weight excluding hydrogens is 368 g/mol. The fourth-order valence-electron chi connectivity index (χ4n) is 4.80. The second-order valence-electron chi connectivity index (χ2n) is 7.28. The topological polar surface area (TPSA) is 113 Å². The molecule has 0 radical (unpaired) electrons. The first-order valence-corrected chi connectivity index (χ1v) is 9.33. The van der Waals surface area contributed by atoms with E-state index in [1.165, 1.54) is 11.2 Å². The number of carbonyl (C=O) groups is 2. The summed E-state index contributed by atoms with van der Waals surface area (Å²) in [5.41, 5.74) is 5.89. The van der Waals surface area contributed by atoms with Crippen LogP contribution in [-0.4, -0.2) is 32.8 Å². The molecule has 1 aromatic heterocycles. The minimum atomic E-state index is -0.607. The average molecular weight is 389 g/mol. The van der Waals surface area contributed by atoms with Crippen LogP contribution < -0.4 is 16.4 Å². The third kappa shape index (κ3) is 2.75. The van der Waals surface area contributed by atoms with Gasteiger partial charge in [0.05, 0.1) is 5.03 Å². The maximum Gasteiger partial charge on any atom is 0.271 e. The highest BCUT2D eigenvalue weighted by Crippen LogP contribution is 2.56. The third-order valence-corrected chi connectivity index (χ3v) is 6.12. The summed E-state index contributed by atoms with van der Waals surface area (Å²) in [7, 11) is 0. The van der Waals surface area contributed by atoms with Crippen molar-refractivity contribution in [2.24, 2.45) is 11.8 Å². The van der Waals surface area contributed by atoms with Crippen LogP contribution in [0.4, 0.5) is 11.6 Å². The van der Waals surface area contributed by atoms with Crippen molar-refractivity contribution < 1.29 is 9.59 Å². The van der Waals surface area contributed by atoms with Gasteiger partial charge in [0.1, 0.15) is 29.3 Å². The number of rotatable bonds is 4. The Morgan fingerprint density at radius 2 is 2.04 bits per heavy atom. The van der Waals surface area contributed by atoms with E-state index in [0.717, 1.165) is 32.1 Å². The fraction of sp³-hybridized carbons (Fsp3) is 0.444. The molecule has 2 aliphatic carbocycles. The molecule has 1 aliphatic heterocycles. The predicted molar refractivity (Wildman–Crippen MR) is 101 cm³/mol. The van der Waals surface area contributed by atoms with Gasteiger partial charge < -0.3 is 16.4 Å². The highest BCUT2D eigenvalue weighted by Gasteiger charge is 2.63. The van der Waals surface area contributed by atoms with Crippen molar-refractivity contribution in [1.29, 1.82) is 0 Å². The smallest absolute Gasteiger partial charge is 0.271 e. The molecule has 8 nitrogen and oxygen atoms in total. The number of hydrogen-bond acceptors (Lipinski definition) is 6. The van der Waals surface area contributed by atoms with Crippen molar-refractivity contribution in [1.82, 2.24) is 20.2 Å². The van der Waals surface area contributed by atoms with Gasteiger partial charge in [-0.1, -0.05) is 11.6 Å². The van der Waals surface area contributed by atoms with Crippen LogP contribution in [0.25, 0.3) is 0 Å². The molecule has 142 valence electrons. The summed E-state index contributed by atoms with van der Waals surface area (Å²) in [4.78, 5) is 34.1. The molecule has 3 aliphatic rings. The molecule has 4 N–H and O–H groups in total. The molecule has 0 unspecified atom stereocenters. The normalized spacial score (nSPS) is 31.4. The van der Waals surface area contributed by atoms with E-state index in [9.17, 15) is 9.59 Å². The van der Waals surface area contributed by atoms with Gasteiger partial charge in [0, 0.05) is 23.6 Å². The van der Waals surface area contributed by atoms with Crippen LogP contribution in [-0.2, 0) is 9.59 Å². The highest BCUT2D eigenvalue weighted by molar-refractivity contribution is 6.33. The van der Waals surface area contributed by atoms with E-state index in [2.05, 4.69) is 20.6 Å². The Kier molecular flexibility index (Phi) is 4.30. The van der Waals surface area contributed by atoms with Gasteiger partial charge in [-0.05, 0) is 38.7 Å². The largest absolute Gasteiger partial charge is 0.384 e. The van der Waals surface area contributed by atoms with Crippen molar-refractivity contribution in [3.8, 4) is 0 Å². The zero-order chi connectivity index (χ0) is 19.2. The molecule has 2 saturated carbocycles. The van der Waals surface area contributed by atoms with Crippen LogP contribution in [0, 0.1) is 11.8 Å². The van der Waals surface area contributed by atoms with E-state index in [0.29, 0.717) is 17.3 Å². The Labute approximate surface area is 161 Å². The molecule has 1 aromatic rings. The zero-order valence-corrected chi connectivity index (χ0v) is 15.7. The van der Waals surface area contributed by atoms with Gasteiger partial charge in [-0.15, -0.1) is 0 Å². The third-order valence-electron chi connectivity index (χ3n) is 5.83. The fourth-order valence-corrected chi connectivity index (χ4v) is 5.14. The van der Waals surface area contributed by atoms with Crippen LogP contribution >= 0.6 is 11.6 Å². The Morgan fingerprint density at radius 1 is 1.37 bits per heavy atom. The number of halogens is 1. The zero-order valence-electron chi connectivity index (χ0n) is 14.9. The Morgan fingerprint density at radius 3 is 2.63 bits per heavy atom. The predicted octanol–water partition coefficient (Wildman–Crippen LogP) is 1.93. The summed E-state index contributed by atoms with van der Waals surface area (Å²) in [6.45, 7) is 1.79. The molecule has 27 heavy (non-hydrogen) atoms. The highest BCUT2D eigenvalue weighted by atomic mass is 35.5. The molecule has 2 heterocycles. The average Bonchev–Trinajstić information content (AvgIpc) is 3.24. The summed E-state index contributed by atoms with van der Waals surface area (Å²) in [5.74, 6) is 1.11. The van der Waals surface area contributed by atoms with Crippen LogP contribution in [0.2, 0.25) is 0 Å². The number of carbonyl (C=O) groups excluding carboxylic acids is 2. The molecule has 3 fully saturated rings. The Hall–Kier alpha value is -2.61. The summed E-state index contributed by atoms with van der Waals surface area (Å²) in [6.07, 6.45) is 7.77. The van der Waals surface area contributed by atoms with Crippen molar-refractivity contribution >= 4 is 35.6 Å². The first-order chi connectivity index (χ1) is 13.0. The Bertz CT molecular complexity index is 847. The number of nitrogens with zero attached hydrogens (tertiary/aromatic N) is 3. The summed E-state index contributed by atoms with van der Waals surface area (Å²) < 4.78 is 0. The van der Waals surface area contributed by atoms with Crippen molar-refractivity contribution in [2.45, 2.75) is 38.3 Å². The number of nitrogens with one attached hydrogen (secondary N) is 2. The number of amides is 2. The van der Waals surface area contributed by atoms with Gasteiger partial charge in [-0.2, -0.15) is 0 Å². The Balaban J connectivity index is 1.65. The summed E-state index contributed by atoms with van der Waals surface area (Å²) in [6, 6.07) is 1.59. The first kappa shape index (κ1) is 17.8. The monoisotopic (exact) mass is 388 g/mol. The van der Waals surface area contributed by atoms with Gasteiger partial charge in [0.15, 0.2) is 0 Å². The van der Waals surface area contributed by atoms with Gasteiger partial charge in [0.2, 0.25) is 6.41 Å². The van der Waals surface area contributed by atoms with Crippen LogP contribution in [0.5, 0.6) is 0 Å². The van der Waals surface area contributed by atoms with E-state index in [1.807, 2.05) is 0 Å². The molecule has 4 rings (SSSR count). The first-order valence-electron chi connectivity index (χ1n) is 8.95. The number of anilines is 2. The minimum Gasteiger partial charge on any atom is -0.384 e. The lowest BCUT2D eigenvalue weighted by Crippen LogP contribution is -2.55. The second kappa shape index (κ2) is 6.53. The summed E-state index contributed by atoms with van der Waals surface area (Å²) >= 11 is 6.47. The van der Waals surface area contributed by atoms with E-state index in [1.54, 1.807) is 19.1 Å². The lowest BCUT2D eigenvalue weighted by Gasteiger charge is -2.36. The standard InChI is InChI=1S/C18H21ClN6O2/c1-10(23-15-7-14(20)21-8-22-15)6-13(19)16-17(27)24-18(25(16)9-26)11-2-3-12(18)5-4-11/h6-9,11-12H,2-5H2,1H3,(H,24,27)(H3,20,21,22,23)/b10-6+,16-13+. The van der Waals surface area contributed by atoms with E-state index in [4.69, 9.17) is 17.3 Å². The number of allylic oxidation sites excluding steroid dienone is 3. The molecule has 1 spiro atoms. The van der Waals surface area contributed by atoms with E-state index in [-0.39, 0.29) is 28.5 Å². The molecule has 2 amide bonds. The van der Waals surface area contributed by atoms with E-state index >= 15 is 0 Å². The van der Waals surface area contributed by atoms with Crippen LogP contribution in [0.15, 0.2) is 34.9 Å². The van der Waals surface area contributed by atoms with Crippen molar-refractivity contribution in [3.05, 3.63) is 34.9 Å². The SMILES string of the molecule is C/C(=C\C(Cl)=C1\C(=O)NC2(C3CCC2CC3)N1C=O)Nc1cc(N)ncn1. The minimum absolute atomic E-state index is 0.203. The number of nitrogens with two attached hydrogens (primary N) is 1. The van der Waals surface area contributed by atoms with Gasteiger partial charge >= 0.3 is 0 Å². The van der Waals surface area contributed by atoms with E-state index < -0.39 is 5.66 Å². The maximum absolute atomic E-state index is 12.7. The van der Waals surface area contributed by atoms with Crippen LogP contribution in [0.3, 0.4) is 0 Å². The lowest BCUT2D eigenvalue weighted by molar-refractivity contribution is -0.122. The number of nitrogen functional groups attached to an aromatic ring is 1. The van der Waals surface area contributed by atoms with Crippen molar-refractivity contribution in [3.63, 3.8) is 0 Å². The van der Waals surface area contributed by atoms with Gasteiger partial charge in [-0.3, -0.25) is 14.5 Å². The summed E-state index contributed by atoms with van der Waals surface area (Å²) in [5, 5.41) is 6.33. The van der Waals surface area contributed by atoms with Gasteiger partial charge in [0.25, 0.3) is 5.91 Å². The molecule has 9 heteroatoms. The maximum atomic E-state index is 12.7. The molecular formula is C18H21ClN6O2. The molecule has 0 atom stereocenters. The molecule has 1 saturated heterocycles. The van der Waals surface area contributed by atoms with Gasteiger partial charge in [-0.25, -0.2) is 9.97 Å². The second-order valence-corrected chi connectivity index (χ2v) is 7.69. The molecule has 2 bridgehead atoms. The number of hydrogen-bond donors (Lipinski definition) is 3.